The molecule has 0 aliphatic rings. The highest BCUT2D eigenvalue weighted by molar-refractivity contribution is 7.92. The summed E-state index contributed by atoms with van der Waals surface area (Å²) in [7, 11) is 2.29. The quantitative estimate of drug-likeness (QED) is 0.576. The third kappa shape index (κ3) is 5.70. The summed E-state index contributed by atoms with van der Waals surface area (Å²) in [4.78, 5) is 14.3. The molecule has 30 heavy (non-hydrogen) atoms. The number of rotatable bonds is 9. The number of nitrogens with zero attached hydrogens (tertiary/aromatic N) is 2. The molecule has 0 aliphatic carbocycles. The van der Waals surface area contributed by atoms with Crippen molar-refractivity contribution in [3.63, 3.8) is 0 Å². The van der Waals surface area contributed by atoms with E-state index in [-0.39, 0.29) is 12.2 Å². The summed E-state index contributed by atoms with van der Waals surface area (Å²) in [6, 6.07) is 9.88. The molecule has 0 saturated carbocycles. The maximum atomic E-state index is 12.8. The minimum Gasteiger partial charge on any atom is -0.495 e. The zero-order chi connectivity index (χ0) is 22.5. The van der Waals surface area contributed by atoms with Crippen molar-refractivity contribution in [2.45, 2.75) is 6.54 Å². The van der Waals surface area contributed by atoms with Gasteiger partial charge in [-0.1, -0.05) is 17.7 Å². The molecule has 0 atom stereocenters. The molecule has 0 radical (unpaired) electrons. The van der Waals surface area contributed by atoms with Gasteiger partial charge in [-0.2, -0.15) is 0 Å². The Balaban J connectivity index is 2.25. The summed E-state index contributed by atoms with van der Waals surface area (Å²) in [6.45, 7) is -0.150. The molecule has 0 aromatic heterocycles. The van der Waals surface area contributed by atoms with Crippen LogP contribution in [-0.4, -0.2) is 60.4 Å². The van der Waals surface area contributed by atoms with Crippen LogP contribution in [0.5, 0.6) is 17.2 Å². The van der Waals surface area contributed by atoms with Crippen LogP contribution in [0, 0.1) is 0 Å². The van der Waals surface area contributed by atoms with E-state index < -0.39 is 22.5 Å². The van der Waals surface area contributed by atoms with Gasteiger partial charge >= 0.3 is 0 Å². The monoisotopic (exact) mass is 456 g/mol. The van der Waals surface area contributed by atoms with Crippen LogP contribution in [-0.2, 0) is 21.4 Å². The Morgan fingerprint density at radius 2 is 1.57 bits per heavy atom. The van der Waals surface area contributed by atoms with E-state index >= 15 is 0 Å². The predicted octanol–water partition coefficient (Wildman–Crippen LogP) is 2.79. The Bertz CT molecular complexity index is 1010. The first-order chi connectivity index (χ1) is 14.1. The van der Waals surface area contributed by atoms with Crippen LogP contribution >= 0.6 is 11.6 Å². The molecular weight excluding hydrogens is 432 g/mol. The van der Waals surface area contributed by atoms with Gasteiger partial charge in [0.15, 0.2) is 11.5 Å². The van der Waals surface area contributed by atoms with E-state index in [4.69, 9.17) is 25.8 Å². The number of benzene rings is 2. The maximum absolute atomic E-state index is 12.8. The lowest BCUT2D eigenvalue weighted by atomic mass is 10.2. The number of methoxy groups -OCH3 is 3. The fraction of sp³-hybridized carbons (Fsp3) is 0.350. The van der Waals surface area contributed by atoms with Gasteiger partial charge in [-0.05, 0) is 35.9 Å². The number of carbonyl (C=O) groups excluding carboxylic acids is 1. The van der Waals surface area contributed by atoms with Crippen molar-refractivity contribution in [3.8, 4) is 17.2 Å². The summed E-state index contributed by atoms with van der Waals surface area (Å²) in [5.74, 6) is 1.00. The SMILES string of the molecule is COc1ccc(CN(C)C(=O)CN(c2cc(Cl)ccc2OC)S(C)(=O)=O)cc1OC. The van der Waals surface area contributed by atoms with Gasteiger partial charge in [-0.25, -0.2) is 8.42 Å². The maximum Gasteiger partial charge on any atom is 0.243 e. The second-order valence-electron chi connectivity index (χ2n) is 6.52. The average Bonchev–Trinajstić information content (AvgIpc) is 2.70. The van der Waals surface area contributed by atoms with E-state index in [0.29, 0.717) is 22.3 Å². The Morgan fingerprint density at radius 3 is 2.13 bits per heavy atom. The third-order valence-electron chi connectivity index (χ3n) is 4.38. The van der Waals surface area contributed by atoms with Gasteiger partial charge in [0, 0.05) is 18.6 Å². The van der Waals surface area contributed by atoms with E-state index in [2.05, 4.69) is 0 Å². The van der Waals surface area contributed by atoms with Crippen LogP contribution < -0.4 is 18.5 Å². The molecule has 0 spiro atoms. The smallest absolute Gasteiger partial charge is 0.243 e. The van der Waals surface area contributed by atoms with Gasteiger partial charge in [0.25, 0.3) is 0 Å². The molecule has 2 aromatic carbocycles. The Kier molecular flexibility index (Phi) is 7.80. The van der Waals surface area contributed by atoms with Crippen molar-refractivity contribution in [3.05, 3.63) is 47.0 Å². The molecule has 8 nitrogen and oxygen atoms in total. The number of sulfonamides is 1. The van der Waals surface area contributed by atoms with Crippen molar-refractivity contribution in [1.82, 2.24) is 4.90 Å². The summed E-state index contributed by atoms with van der Waals surface area (Å²) < 4.78 is 41.5. The Labute approximate surface area is 181 Å². The highest BCUT2D eigenvalue weighted by atomic mass is 35.5. The van der Waals surface area contributed by atoms with Crippen LogP contribution in [0.4, 0.5) is 5.69 Å². The van der Waals surface area contributed by atoms with E-state index in [9.17, 15) is 13.2 Å². The van der Waals surface area contributed by atoms with Crippen LogP contribution in [0.2, 0.25) is 5.02 Å². The number of amides is 1. The van der Waals surface area contributed by atoms with Crippen LogP contribution in [0.1, 0.15) is 5.56 Å². The van der Waals surface area contributed by atoms with Crippen molar-refractivity contribution in [1.29, 1.82) is 0 Å². The highest BCUT2D eigenvalue weighted by Gasteiger charge is 2.26. The zero-order valence-corrected chi connectivity index (χ0v) is 19.1. The van der Waals surface area contributed by atoms with Crippen molar-refractivity contribution in [2.24, 2.45) is 0 Å². The summed E-state index contributed by atoms with van der Waals surface area (Å²) >= 11 is 6.03. The molecule has 0 fully saturated rings. The standard InChI is InChI=1S/C20H25ClN2O6S/c1-22(12-14-6-8-18(28-3)19(10-14)29-4)20(24)13-23(30(5,25)26)16-11-15(21)7-9-17(16)27-2/h6-11H,12-13H2,1-5H3. The number of ether oxygens (including phenoxy) is 3. The second-order valence-corrected chi connectivity index (χ2v) is 8.87. The minimum atomic E-state index is -3.78. The van der Waals surface area contributed by atoms with Gasteiger partial charge in [-0.3, -0.25) is 9.10 Å². The van der Waals surface area contributed by atoms with Crippen molar-refractivity contribution in [2.75, 3.05) is 45.5 Å². The fourth-order valence-electron chi connectivity index (χ4n) is 2.82. The van der Waals surface area contributed by atoms with Crippen LogP contribution in [0.3, 0.4) is 0 Å². The molecule has 10 heteroatoms. The van der Waals surface area contributed by atoms with Crippen LogP contribution in [0.25, 0.3) is 0 Å². The average molecular weight is 457 g/mol. The first-order valence-corrected chi connectivity index (χ1v) is 11.1. The molecule has 1 amide bonds. The van der Waals surface area contributed by atoms with Crippen LogP contribution in [0.15, 0.2) is 36.4 Å². The largest absolute Gasteiger partial charge is 0.495 e. The lowest BCUT2D eigenvalue weighted by Crippen LogP contribution is -2.41. The zero-order valence-electron chi connectivity index (χ0n) is 17.5. The lowest BCUT2D eigenvalue weighted by molar-refractivity contribution is -0.128. The van der Waals surface area contributed by atoms with Gasteiger partial charge in [0.05, 0.1) is 33.3 Å². The number of hydrogen-bond acceptors (Lipinski definition) is 6. The number of anilines is 1. The van der Waals surface area contributed by atoms with Crippen molar-refractivity contribution < 1.29 is 27.4 Å². The van der Waals surface area contributed by atoms with E-state index in [1.807, 2.05) is 0 Å². The second kappa shape index (κ2) is 9.90. The molecule has 2 aromatic rings. The van der Waals surface area contributed by atoms with E-state index in [0.717, 1.165) is 16.1 Å². The first-order valence-electron chi connectivity index (χ1n) is 8.86. The third-order valence-corrected chi connectivity index (χ3v) is 5.74. The molecule has 0 N–H and O–H groups in total. The molecule has 164 valence electrons. The van der Waals surface area contributed by atoms with Gasteiger partial charge < -0.3 is 19.1 Å². The normalized spacial score (nSPS) is 11.0. The topological polar surface area (TPSA) is 85.4 Å². The summed E-state index contributed by atoms with van der Waals surface area (Å²) in [6.07, 6.45) is 1.02. The fourth-order valence-corrected chi connectivity index (χ4v) is 3.83. The molecule has 0 saturated heterocycles. The number of halogens is 1. The number of likely N-dealkylation sites (N-methyl/N-ethyl adjacent to an activating group) is 1. The number of carbonyl (C=O) groups is 1. The number of hydrogen-bond donors (Lipinski definition) is 0. The molecule has 0 bridgehead atoms. The minimum absolute atomic E-state index is 0.195. The Hall–Kier alpha value is -2.65. The van der Waals surface area contributed by atoms with Gasteiger partial charge in [-0.15, -0.1) is 0 Å². The lowest BCUT2D eigenvalue weighted by Gasteiger charge is -2.26. The molecule has 2 rings (SSSR count). The molecule has 0 aliphatic heterocycles. The first kappa shape index (κ1) is 23.6. The predicted molar refractivity (Wildman–Crippen MR) is 116 cm³/mol. The van der Waals surface area contributed by atoms with Gasteiger partial charge in [0.1, 0.15) is 12.3 Å². The van der Waals surface area contributed by atoms with Crippen molar-refractivity contribution >= 4 is 33.2 Å². The highest BCUT2D eigenvalue weighted by Crippen LogP contribution is 2.33. The Morgan fingerprint density at radius 1 is 0.967 bits per heavy atom. The van der Waals surface area contributed by atoms with Gasteiger partial charge in [0.2, 0.25) is 15.9 Å². The molecule has 0 heterocycles. The van der Waals surface area contributed by atoms with E-state index in [1.54, 1.807) is 37.4 Å². The van der Waals surface area contributed by atoms with E-state index in [1.165, 1.54) is 32.3 Å². The molecule has 0 unspecified atom stereocenters. The molecular formula is C20H25ClN2O6S. The summed E-state index contributed by atoms with van der Waals surface area (Å²) in [5, 5.41) is 0.325. The summed E-state index contributed by atoms with van der Waals surface area (Å²) in [5.41, 5.74) is 0.995.